The second kappa shape index (κ2) is 18.8. The Bertz CT molecular complexity index is 2250. The first kappa shape index (κ1) is 41.3. The Labute approximate surface area is 337 Å². The second-order valence-electron chi connectivity index (χ2n) is 13.8. The molecule has 2 aliphatic rings. The van der Waals surface area contributed by atoms with Crippen LogP contribution < -0.4 is 16.4 Å². The molecule has 58 heavy (non-hydrogen) atoms. The fourth-order valence-corrected chi connectivity index (χ4v) is 7.29. The van der Waals surface area contributed by atoms with Crippen LogP contribution in [0, 0.1) is 5.82 Å². The summed E-state index contributed by atoms with van der Waals surface area (Å²) in [6.07, 6.45) is 8.18. The molecule has 4 aromatic rings. The number of benzene rings is 3. The molecule has 1 unspecified atom stereocenters. The largest absolute Gasteiger partial charge is 0.480 e. The molecule has 3 amide bonds. The number of carbonyl (C=O) groups is 5. The number of carbonyl (C=O) groups excluding carboxylic acids is 3. The lowest BCUT2D eigenvalue weighted by atomic mass is 9.84. The molecule has 0 aliphatic carbocycles. The average molecular weight is 814 g/mol. The predicted molar refractivity (Wildman–Crippen MR) is 211 cm³/mol. The van der Waals surface area contributed by atoms with Gasteiger partial charge in [-0.15, -0.1) is 5.10 Å². The lowest BCUT2D eigenvalue weighted by Crippen LogP contribution is -2.46. The van der Waals surface area contributed by atoms with E-state index in [1.165, 1.54) is 58.4 Å². The smallest absolute Gasteiger partial charge is 0.335 e. The van der Waals surface area contributed by atoms with Gasteiger partial charge in [-0.25, -0.2) is 14.0 Å². The number of nitrogens with one attached hydrogen (secondary N) is 2. The summed E-state index contributed by atoms with van der Waals surface area (Å²) in [7, 11) is 0. The van der Waals surface area contributed by atoms with Crippen molar-refractivity contribution in [3.63, 3.8) is 0 Å². The van der Waals surface area contributed by atoms with E-state index < -0.39 is 41.7 Å². The molecular formula is C40H41ClFN9O7. The van der Waals surface area contributed by atoms with Gasteiger partial charge in [0.2, 0.25) is 11.8 Å². The van der Waals surface area contributed by atoms with Gasteiger partial charge in [-0.1, -0.05) is 35.9 Å². The number of carboxylic acids is 2. The number of nitrogens with zero attached hydrogens (tertiary/aromatic N) is 6. The highest BCUT2D eigenvalue weighted by molar-refractivity contribution is 6.31. The van der Waals surface area contributed by atoms with Crippen molar-refractivity contribution in [1.29, 1.82) is 0 Å². The highest BCUT2D eigenvalue weighted by Crippen LogP contribution is 2.37. The maximum Gasteiger partial charge on any atom is 0.335 e. The van der Waals surface area contributed by atoms with Crippen molar-refractivity contribution in [2.75, 3.05) is 38.0 Å². The molecule has 0 saturated carbocycles. The van der Waals surface area contributed by atoms with Crippen LogP contribution >= 0.6 is 11.6 Å². The normalized spacial score (nSPS) is 16.0. The Kier molecular flexibility index (Phi) is 13.4. The first-order valence-corrected chi connectivity index (χ1v) is 18.9. The lowest BCUT2D eigenvalue weighted by Gasteiger charge is -2.37. The zero-order valence-electron chi connectivity index (χ0n) is 31.2. The third-order valence-corrected chi connectivity index (χ3v) is 10.3. The number of anilines is 1. The minimum absolute atomic E-state index is 0.0218. The summed E-state index contributed by atoms with van der Waals surface area (Å²) in [4.78, 5) is 67.5. The first-order valence-electron chi connectivity index (χ1n) is 18.5. The van der Waals surface area contributed by atoms with Gasteiger partial charge in [-0.3, -0.25) is 19.3 Å². The molecule has 6 N–H and O–H groups in total. The summed E-state index contributed by atoms with van der Waals surface area (Å²) in [5, 5.41) is 35.2. The maximum atomic E-state index is 15.4. The molecule has 0 bridgehead atoms. The number of unbranched alkanes of at least 4 members (excludes halogenated alkanes) is 1. The van der Waals surface area contributed by atoms with E-state index in [0.29, 0.717) is 63.0 Å². The van der Waals surface area contributed by atoms with E-state index in [1.807, 2.05) is 17.0 Å². The summed E-state index contributed by atoms with van der Waals surface area (Å²) in [5.74, 6) is -4.54. The number of tetrazole rings is 1. The van der Waals surface area contributed by atoms with Gasteiger partial charge >= 0.3 is 11.9 Å². The van der Waals surface area contributed by atoms with Crippen molar-refractivity contribution >= 4 is 58.6 Å². The van der Waals surface area contributed by atoms with Crippen LogP contribution in [0.2, 0.25) is 5.02 Å². The van der Waals surface area contributed by atoms with Gasteiger partial charge in [0.15, 0.2) is 5.82 Å². The van der Waals surface area contributed by atoms with Gasteiger partial charge in [-0.05, 0) is 114 Å². The van der Waals surface area contributed by atoms with E-state index in [2.05, 4.69) is 26.2 Å². The Morgan fingerprint density at radius 1 is 1.02 bits per heavy atom. The van der Waals surface area contributed by atoms with Crippen LogP contribution in [0.4, 0.5) is 10.1 Å². The van der Waals surface area contributed by atoms with E-state index in [4.69, 9.17) is 17.3 Å². The summed E-state index contributed by atoms with van der Waals surface area (Å²) in [6, 6.07) is 11.9. The van der Waals surface area contributed by atoms with Gasteiger partial charge in [0, 0.05) is 37.0 Å². The number of hydrogen-bond acceptors (Lipinski definition) is 10. The standard InChI is InChI=1S/C40H41ClFN9O7/c41-31-12-13-33(51-23-44-47-48-51)30(36(31)42)11-14-35(53)50-21-17-28-27(4-3-5-29(28)37(50)38(54)45-26-9-7-25(8-10-26)39(55)56)24-15-19-49(20-16-24)22-34(52)46-32(40(57)58)6-1-2-18-43/h3-5,7-15,23,32,37H,1-2,6,16-22,43H2,(H,45,54)(H,46,52)(H,55,56)(H,57,58)/b14-11+/t32-,37?/m0/s1. The zero-order chi connectivity index (χ0) is 41.3. The Morgan fingerprint density at radius 2 is 1.81 bits per heavy atom. The maximum absolute atomic E-state index is 15.4. The molecule has 0 saturated heterocycles. The minimum Gasteiger partial charge on any atom is -0.480 e. The van der Waals surface area contributed by atoms with Gasteiger partial charge in [-0.2, -0.15) is 4.68 Å². The Balaban J connectivity index is 1.26. The fraction of sp³-hybridized carbons (Fsp3) is 0.300. The van der Waals surface area contributed by atoms with Crippen LogP contribution in [-0.2, 0) is 25.6 Å². The van der Waals surface area contributed by atoms with Crippen LogP contribution in [0.25, 0.3) is 17.3 Å². The highest BCUT2D eigenvalue weighted by Gasteiger charge is 2.37. The number of rotatable bonds is 15. The molecule has 2 atom stereocenters. The van der Waals surface area contributed by atoms with Gasteiger partial charge in [0.05, 0.1) is 22.8 Å². The summed E-state index contributed by atoms with van der Waals surface area (Å²) in [6.45, 7) is 1.53. The summed E-state index contributed by atoms with van der Waals surface area (Å²) < 4.78 is 16.6. The quantitative estimate of drug-likeness (QED) is 0.0856. The molecule has 18 heteroatoms. The van der Waals surface area contributed by atoms with E-state index in [-0.39, 0.29) is 40.8 Å². The third kappa shape index (κ3) is 9.62. The summed E-state index contributed by atoms with van der Waals surface area (Å²) >= 11 is 6.09. The van der Waals surface area contributed by atoms with Gasteiger partial charge < -0.3 is 31.5 Å². The van der Waals surface area contributed by atoms with Crippen molar-refractivity contribution in [3.05, 3.63) is 112 Å². The van der Waals surface area contributed by atoms with E-state index in [1.54, 1.807) is 12.1 Å². The number of nitrogens with two attached hydrogens (primary N) is 1. The van der Waals surface area contributed by atoms with E-state index in [0.717, 1.165) is 22.8 Å². The van der Waals surface area contributed by atoms with E-state index >= 15 is 4.39 Å². The molecule has 2 aliphatic heterocycles. The van der Waals surface area contributed by atoms with Crippen LogP contribution in [0.1, 0.15) is 64.3 Å². The molecule has 3 aromatic carbocycles. The number of hydrogen-bond donors (Lipinski definition) is 5. The average Bonchev–Trinajstić information content (AvgIpc) is 3.76. The molecule has 302 valence electrons. The monoisotopic (exact) mass is 813 g/mol. The second-order valence-corrected chi connectivity index (χ2v) is 14.2. The summed E-state index contributed by atoms with van der Waals surface area (Å²) in [5.41, 5.74) is 9.37. The first-order chi connectivity index (χ1) is 27.9. The van der Waals surface area contributed by atoms with Gasteiger partial charge in [0.25, 0.3) is 5.91 Å². The molecule has 16 nitrogen and oxygen atoms in total. The van der Waals surface area contributed by atoms with Crippen molar-refractivity contribution in [1.82, 2.24) is 35.3 Å². The van der Waals surface area contributed by atoms with Crippen molar-refractivity contribution < 1.29 is 38.6 Å². The molecule has 1 aromatic heterocycles. The molecule has 0 radical (unpaired) electrons. The fourth-order valence-electron chi connectivity index (χ4n) is 7.13. The predicted octanol–water partition coefficient (Wildman–Crippen LogP) is 3.72. The van der Waals surface area contributed by atoms with Crippen LogP contribution in [0.5, 0.6) is 0 Å². The molecule has 6 rings (SSSR count). The number of aliphatic carboxylic acids is 1. The van der Waals surface area contributed by atoms with Gasteiger partial charge in [0.1, 0.15) is 18.4 Å². The molecule has 0 fully saturated rings. The highest BCUT2D eigenvalue weighted by atomic mass is 35.5. The number of aromatic nitrogens is 4. The number of fused-ring (bicyclic) bond motifs is 1. The van der Waals surface area contributed by atoms with Crippen molar-refractivity contribution in [2.24, 2.45) is 5.73 Å². The Hall–Kier alpha value is -6.30. The molecular weight excluding hydrogens is 773 g/mol. The third-order valence-electron chi connectivity index (χ3n) is 10.0. The number of halogens is 2. The van der Waals surface area contributed by atoms with Crippen molar-refractivity contribution in [3.8, 4) is 5.69 Å². The molecule has 3 heterocycles. The van der Waals surface area contributed by atoms with Crippen LogP contribution in [0.3, 0.4) is 0 Å². The lowest BCUT2D eigenvalue weighted by molar-refractivity contribution is -0.142. The zero-order valence-corrected chi connectivity index (χ0v) is 31.9. The number of aromatic carboxylic acids is 1. The minimum atomic E-state index is -1.14. The topological polar surface area (TPSA) is 226 Å². The SMILES string of the molecule is NCCCC[C@H](NC(=O)CN1CC=C(c2cccc3c2CCN(C(=O)/C=C/c2c(-n4cnnn4)ccc(Cl)c2F)C3C(=O)Nc2ccc(C(=O)O)cc2)CC1)C(=O)O. The Morgan fingerprint density at radius 3 is 2.48 bits per heavy atom. The number of carboxylic acid groups (broad SMARTS) is 2. The molecule has 0 spiro atoms. The number of amides is 3. The van der Waals surface area contributed by atoms with E-state index in [9.17, 15) is 34.2 Å². The van der Waals surface area contributed by atoms with Crippen molar-refractivity contribution in [2.45, 2.75) is 44.2 Å². The van der Waals surface area contributed by atoms with Crippen LogP contribution in [0.15, 0.2) is 73.1 Å². The van der Waals surface area contributed by atoms with Crippen LogP contribution in [-0.4, -0.2) is 109 Å².